The van der Waals surface area contributed by atoms with Crippen LogP contribution in [0.4, 0.5) is 5.69 Å². The molecule has 0 aliphatic rings. The Balaban J connectivity index is 2.08. The van der Waals surface area contributed by atoms with Crippen LogP contribution in [0.1, 0.15) is 18.2 Å². The molecule has 0 atom stereocenters. The van der Waals surface area contributed by atoms with Crippen molar-refractivity contribution < 1.29 is 0 Å². The Kier molecular flexibility index (Phi) is 4.69. The molecule has 0 saturated carbocycles. The maximum Gasteiger partial charge on any atom is 0.0922 e. The lowest BCUT2D eigenvalue weighted by Gasteiger charge is -2.10. The third-order valence-electron chi connectivity index (χ3n) is 3.94. The highest BCUT2D eigenvalue weighted by atomic mass is 35.5. The van der Waals surface area contributed by atoms with Crippen molar-refractivity contribution in [1.29, 1.82) is 0 Å². The number of aryl methyl sites for hydroxylation is 2. The molecule has 0 fully saturated rings. The van der Waals surface area contributed by atoms with Crippen LogP contribution in [0.25, 0.3) is 22.3 Å². The van der Waals surface area contributed by atoms with Crippen LogP contribution in [0.15, 0.2) is 36.4 Å². The van der Waals surface area contributed by atoms with Gasteiger partial charge in [0.25, 0.3) is 0 Å². The Morgan fingerprint density at radius 3 is 2.67 bits per heavy atom. The molecule has 0 saturated heterocycles. The zero-order valence-electron chi connectivity index (χ0n) is 13.7. The van der Waals surface area contributed by atoms with Gasteiger partial charge in [-0.2, -0.15) is 0 Å². The first-order chi connectivity index (χ1) is 11.6. The molecule has 3 nitrogen and oxygen atoms in total. The SMILES string of the molecule is C#CCNc1ccc2nc(C)c(-c3ccc(CC)c(Cl)c3)nc2c1. The topological polar surface area (TPSA) is 37.8 Å². The molecule has 24 heavy (non-hydrogen) atoms. The molecule has 0 aliphatic carbocycles. The van der Waals surface area contributed by atoms with Crippen LogP contribution >= 0.6 is 11.6 Å². The van der Waals surface area contributed by atoms with E-state index < -0.39 is 0 Å². The highest BCUT2D eigenvalue weighted by Crippen LogP contribution is 2.28. The van der Waals surface area contributed by atoms with Gasteiger partial charge in [-0.25, -0.2) is 9.97 Å². The molecule has 0 radical (unpaired) electrons. The average Bonchev–Trinajstić information content (AvgIpc) is 2.59. The van der Waals surface area contributed by atoms with E-state index in [1.54, 1.807) is 0 Å². The van der Waals surface area contributed by atoms with E-state index in [1.807, 2.05) is 43.3 Å². The van der Waals surface area contributed by atoms with Crippen molar-refractivity contribution in [3.8, 4) is 23.6 Å². The number of halogens is 1. The van der Waals surface area contributed by atoms with Crippen molar-refractivity contribution in [2.45, 2.75) is 20.3 Å². The third-order valence-corrected chi connectivity index (χ3v) is 4.29. The molecule has 0 unspecified atom stereocenters. The Morgan fingerprint density at radius 2 is 1.96 bits per heavy atom. The fourth-order valence-electron chi connectivity index (χ4n) is 2.66. The number of nitrogens with one attached hydrogen (secondary N) is 1. The zero-order valence-corrected chi connectivity index (χ0v) is 14.5. The summed E-state index contributed by atoms with van der Waals surface area (Å²) in [6.45, 7) is 4.53. The lowest BCUT2D eigenvalue weighted by atomic mass is 10.1. The van der Waals surface area contributed by atoms with Crippen LogP contribution in [0, 0.1) is 19.3 Å². The predicted octanol–water partition coefficient (Wildman–Crippen LogP) is 4.87. The molecule has 1 aromatic heterocycles. The Morgan fingerprint density at radius 1 is 1.12 bits per heavy atom. The number of fused-ring (bicyclic) bond motifs is 1. The van der Waals surface area contributed by atoms with Crippen molar-refractivity contribution in [3.05, 3.63) is 52.7 Å². The Bertz CT molecular complexity index is 942. The minimum absolute atomic E-state index is 0.478. The van der Waals surface area contributed by atoms with Crippen molar-refractivity contribution in [1.82, 2.24) is 9.97 Å². The van der Waals surface area contributed by atoms with Gasteiger partial charge >= 0.3 is 0 Å². The molecular weight excluding hydrogens is 318 g/mol. The van der Waals surface area contributed by atoms with Crippen LogP contribution in [0.5, 0.6) is 0 Å². The van der Waals surface area contributed by atoms with Gasteiger partial charge in [-0.3, -0.25) is 0 Å². The summed E-state index contributed by atoms with van der Waals surface area (Å²) in [6.07, 6.45) is 6.20. The van der Waals surface area contributed by atoms with Gasteiger partial charge in [0.1, 0.15) is 0 Å². The van der Waals surface area contributed by atoms with Gasteiger partial charge in [-0.1, -0.05) is 36.6 Å². The third kappa shape index (κ3) is 3.20. The van der Waals surface area contributed by atoms with E-state index in [4.69, 9.17) is 23.0 Å². The molecule has 120 valence electrons. The van der Waals surface area contributed by atoms with Gasteiger partial charge in [0.05, 0.1) is 29.0 Å². The monoisotopic (exact) mass is 335 g/mol. The van der Waals surface area contributed by atoms with Crippen molar-refractivity contribution >= 4 is 28.3 Å². The maximum absolute atomic E-state index is 6.36. The second kappa shape index (κ2) is 6.90. The highest BCUT2D eigenvalue weighted by Gasteiger charge is 2.10. The number of hydrogen-bond donors (Lipinski definition) is 1. The predicted molar refractivity (Wildman–Crippen MR) is 101 cm³/mol. The first-order valence-corrected chi connectivity index (χ1v) is 8.24. The lowest BCUT2D eigenvalue weighted by Crippen LogP contribution is -2.00. The minimum atomic E-state index is 0.478. The molecule has 0 bridgehead atoms. The number of hydrogen-bond acceptors (Lipinski definition) is 3. The van der Waals surface area contributed by atoms with Gasteiger partial charge < -0.3 is 5.32 Å². The number of rotatable bonds is 4. The maximum atomic E-state index is 6.36. The van der Waals surface area contributed by atoms with Crippen molar-refractivity contribution in [2.24, 2.45) is 0 Å². The summed E-state index contributed by atoms with van der Waals surface area (Å²) in [5, 5.41) is 3.92. The first-order valence-electron chi connectivity index (χ1n) is 7.87. The highest BCUT2D eigenvalue weighted by molar-refractivity contribution is 6.31. The lowest BCUT2D eigenvalue weighted by molar-refractivity contribution is 1.14. The smallest absolute Gasteiger partial charge is 0.0922 e. The van der Waals surface area contributed by atoms with Crippen LogP contribution in [-0.4, -0.2) is 16.5 Å². The second-order valence-electron chi connectivity index (χ2n) is 5.58. The number of terminal acetylenes is 1. The molecule has 1 heterocycles. The second-order valence-corrected chi connectivity index (χ2v) is 5.99. The first kappa shape index (κ1) is 16.3. The van der Waals surface area contributed by atoms with Crippen LogP contribution < -0.4 is 5.32 Å². The van der Waals surface area contributed by atoms with E-state index in [1.165, 1.54) is 0 Å². The molecule has 2 aromatic carbocycles. The largest absolute Gasteiger partial charge is 0.374 e. The van der Waals surface area contributed by atoms with Gasteiger partial charge in [0.2, 0.25) is 0 Å². The number of aromatic nitrogens is 2. The molecule has 1 N–H and O–H groups in total. The summed E-state index contributed by atoms with van der Waals surface area (Å²) >= 11 is 6.36. The Hall–Kier alpha value is -2.57. The summed E-state index contributed by atoms with van der Waals surface area (Å²) in [5.74, 6) is 2.57. The van der Waals surface area contributed by atoms with E-state index in [0.29, 0.717) is 6.54 Å². The zero-order chi connectivity index (χ0) is 17.1. The number of nitrogens with zero attached hydrogens (tertiary/aromatic N) is 2. The molecule has 3 aromatic rings. The van der Waals surface area contributed by atoms with Crippen LogP contribution in [0.2, 0.25) is 5.02 Å². The van der Waals surface area contributed by atoms with Crippen molar-refractivity contribution in [3.63, 3.8) is 0 Å². The number of benzene rings is 2. The molecular formula is C20H18ClN3. The fraction of sp³-hybridized carbons (Fsp3) is 0.200. The molecule has 0 amide bonds. The van der Waals surface area contributed by atoms with Crippen molar-refractivity contribution in [2.75, 3.05) is 11.9 Å². The fourth-order valence-corrected chi connectivity index (χ4v) is 2.97. The normalized spacial score (nSPS) is 10.6. The van der Waals surface area contributed by atoms with E-state index in [0.717, 1.165) is 50.7 Å². The van der Waals surface area contributed by atoms with E-state index in [9.17, 15) is 0 Å². The van der Waals surface area contributed by atoms with E-state index in [2.05, 4.69) is 23.1 Å². The number of anilines is 1. The Labute approximate surface area is 147 Å². The van der Waals surface area contributed by atoms with Crippen LogP contribution in [0.3, 0.4) is 0 Å². The van der Waals surface area contributed by atoms with E-state index >= 15 is 0 Å². The van der Waals surface area contributed by atoms with E-state index in [-0.39, 0.29) is 0 Å². The molecule has 0 aliphatic heterocycles. The molecule has 3 rings (SSSR count). The summed E-state index contributed by atoms with van der Waals surface area (Å²) in [6, 6.07) is 11.9. The van der Waals surface area contributed by atoms with Gasteiger partial charge in [0.15, 0.2) is 0 Å². The standard InChI is InChI=1S/C20H18ClN3/c1-4-10-22-16-8-9-18-19(12-16)24-20(13(3)23-18)15-7-6-14(5-2)17(21)11-15/h1,6-9,11-12,22H,5,10H2,2-3H3. The minimum Gasteiger partial charge on any atom is -0.374 e. The summed E-state index contributed by atoms with van der Waals surface area (Å²) < 4.78 is 0. The summed E-state index contributed by atoms with van der Waals surface area (Å²) in [5.41, 5.74) is 6.46. The van der Waals surface area contributed by atoms with Crippen LogP contribution in [-0.2, 0) is 6.42 Å². The molecule has 4 heteroatoms. The van der Waals surface area contributed by atoms with Gasteiger partial charge in [-0.05, 0) is 43.2 Å². The quantitative estimate of drug-likeness (QED) is 0.691. The van der Waals surface area contributed by atoms with Gasteiger partial charge in [0, 0.05) is 16.3 Å². The summed E-state index contributed by atoms with van der Waals surface area (Å²) in [7, 11) is 0. The average molecular weight is 336 g/mol. The molecule has 0 spiro atoms. The van der Waals surface area contributed by atoms with Gasteiger partial charge in [-0.15, -0.1) is 6.42 Å². The summed E-state index contributed by atoms with van der Waals surface area (Å²) in [4.78, 5) is 9.47.